The van der Waals surface area contributed by atoms with Crippen molar-refractivity contribution in [2.24, 2.45) is 0 Å². The molecule has 2 aromatic rings. The van der Waals surface area contributed by atoms with Gasteiger partial charge in [0.1, 0.15) is 0 Å². The number of hydrogen-bond acceptors (Lipinski definition) is 6. The van der Waals surface area contributed by atoms with Crippen molar-refractivity contribution in [3.05, 3.63) is 64.2 Å². The Hall–Kier alpha value is -3.42. The predicted octanol–water partition coefficient (Wildman–Crippen LogP) is 3.24. The molecule has 0 heterocycles. The summed E-state index contributed by atoms with van der Waals surface area (Å²) < 4.78 is 5.00. The summed E-state index contributed by atoms with van der Waals surface area (Å²) in [4.78, 5) is 36.1. The van der Waals surface area contributed by atoms with Crippen LogP contribution in [-0.2, 0) is 9.53 Å². The highest BCUT2D eigenvalue weighted by molar-refractivity contribution is 5.95. The largest absolute Gasteiger partial charge is 0.452 e. The number of nitro groups is 1. The fraction of sp³-hybridized carbons (Fsp3) is 0.263. The van der Waals surface area contributed by atoms with Gasteiger partial charge in [0.05, 0.1) is 10.5 Å². The highest BCUT2D eigenvalue weighted by atomic mass is 16.6. The molecule has 0 spiro atoms. The summed E-state index contributed by atoms with van der Waals surface area (Å²) in [7, 11) is 0. The van der Waals surface area contributed by atoms with Crippen LogP contribution in [0, 0.1) is 10.1 Å². The van der Waals surface area contributed by atoms with E-state index < -0.39 is 23.4 Å². The fourth-order valence-corrected chi connectivity index (χ4v) is 2.48. The van der Waals surface area contributed by atoms with Crippen LogP contribution in [0.25, 0.3) is 0 Å². The lowest BCUT2D eigenvalue weighted by atomic mass is 10.2. The molecular formula is C19H21N3O5. The number of carbonyl (C=O) groups is 2. The van der Waals surface area contributed by atoms with Crippen LogP contribution < -0.4 is 10.2 Å². The van der Waals surface area contributed by atoms with Crippen molar-refractivity contribution in [2.45, 2.75) is 13.8 Å². The molecule has 0 aliphatic carbocycles. The summed E-state index contributed by atoms with van der Waals surface area (Å²) in [6.45, 7) is 5.38. The standard InChI is InChI=1S/C19H21N3O5/c1-3-21(4-2)16-9-5-14(6-10-16)19(24)27-13-18(23)20-15-7-11-17(12-8-15)22(25)26/h5-12H,3-4,13H2,1-2H3,(H,20,23). The maximum Gasteiger partial charge on any atom is 0.338 e. The Bertz CT molecular complexity index is 799. The molecule has 8 nitrogen and oxygen atoms in total. The summed E-state index contributed by atoms with van der Waals surface area (Å²) in [5.74, 6) is -1.13. The van der Waals surface area contributed by atoms with Gasteiger partial charge in [0.25, 0.3) is 11.6 Å². The number of benzene rings is 2. The third kappa shape index (κ3) is 5.53. The molecule has 0 aliphatic heterocycles. The SMILES string of the molecule is CCN(CC)c1ccc(C(=O)OCC(=O)Nc2ccc([N+](=O)[O-])cc2)cc1. The van der Waals surface area contributed by atoms with Gasteiger partial charge in [-0.05, 0) is 50.2 Å². The molecule has 0 aliphatic rings. The van der Waals surface area contributed by atoms with Crippen LogP contribution in [-0.4, -0.2) is 36.5 Å². The van der Waals surface area contributed by atoms with Crippen LogP contribution in [0.1, 0.15) is 24.2 Å². The van der Waals surface area contributed by atoms with Gasteiger partial charge in [-0.3, -0.25) is 14.9 Å². The number of carbonyl (C=O) groups excluding carboxylic acids is 2. The third-order valence-electron chi connectivity index (χ3n) is 3.93. The number of amides is 1. The second-order valence-electron chi connectivity index (χ2n) is 5.65. The first-order chi connectivity index (χ1) is 12.9. The quantitative estimate of drug-likeness (QED) is 0.434. The van der Waals surface area contributed by atoms with Gasteiger partial charge in [-0.2, -0.15) is 0 Å². The zero-order chi connectivity index (χ0) is 19.8. The Balaban J connectivity index is 1.87. The third-order valence-corrected chi connectivity index (χ3v) is 3.93. The van der Waals surface area contributed by atoms with E-state index >= 15 is 0 Å². The highest BCUT2D eigenvalue weighted by Gasteiger charge is 2.12. The fourth-order valence-electron chi connectivity index (χ4n) is 2.48. The maximum atomic E-state index is 12.1. The van der Waals surface area contributed by atoms with Gasteiger partial charge >= 0.3 is 5.97 Å². The summed E-state index contributed by atoms with van der Waals surface area (Å²) in [5, 5.41) is 13.1. The topological polar surface area (TPSA) is 102 Å². The Labute approximate surface area is 156 Å². The lowest BCUT2D eigenvalue weighted by Crippen LogP contribution is -2.22. The predicted molar refractivity (Wildman–Crippen MR) is 102 cm³/mol. The molecule has 0 bridgehead atoms. The number of esters is 1. The van der Waals surface area contributed by atoms with Crippen LogP contribution in [0.2, 0.25) is 0 Å². The maximum absolute atomic E-state index is 12.1. The Morgan fingerprint density at radius 2 is 1.63 bits per heavy atom. The highest BCUT2D eigenvalue weighted by Crippen LogP contribution is 2.16. The first-order valence-electron chi connectivity index (χ1n) is 8.51. The number of anilines is 2. The van der Waals surface area contributed by atoms with Crippen LogP contribution >= 0.6 is 0 Å². The van der Waals surface area contributed by atoms with Gasteiger partial charge < -0.3 is 15.0 Å². The lowest BCUT2D eigenvalue weighted by molar-refractivity contribution is -0.384. The molecule has 2 aromatic carbocycles. The first kappa shape index (κ1) is 19.9. The van der Waals surface area contributed by atoms with Crippen LogP contribution in [0.15, 0.2) is 48.5 Å². The normalized spacial score (nSPS) is 10.1. The van der Waals surface area contributed by atoms with Crippen LogP contribution in [0.5, 0.6) is 0 Å². The molecule has 1 N–H and O–H groups in total. The molecule has 0 saturated carbocycles. The lowest BCUT2D eigenvalue weighted by Gasteiger charge is -2.20. The summed E-state index contributed by atoms with van der Waals surface area (Å²) in [6.07, 6.45) is 0. The van der Waals surface area contributed by atoms with Crippen molar-refractivity contribution >= 4 is 28.9 Å². The van der Waals surface area contributed by atoms with Crippen molar-refractivity contribution in [1.29, 1.82) is 0 Å². The number of hydrogen-bond donors (Lipinski definition) is 1. The molecule has 8 heteroatoms. The Morgan fingerprint density at radius 3 is 2.15 bits per heavy atom. The van der Waals surface area contributed by atoms with Crippen molar-refractivity contribution in [3.8, 4) is 0 Å². The number of nitro benzene ring substituents is 1. The van der Waals surface area contributed by atoms with Crippen molar-refractivity contribution in [1.82, 2.24) is 0 Å². The zero-order valence-electron chi connectivity index (χ0n) is 15.2. The molecular weight excluding hydrogens is 350 g/mol. The Kier molecular flexibility index (Phi) is 6.87. The summed E-state index contributed by atoms with van der Waals surface area (Å²) >= 11 is 0. The van der Waals surface area contributed by atoms with E-state index in [9.17, 15) is 19.7 Å². The van der Waals surface area contributed by atoms with Gasteiger partial charge in [0, 0.05) is 36.6 Å². The second-order valence-corrected chi connectivity index (χ2v) is 5.65. The van der Waals surface area contributed by atoms with Gasteiger partial charge in [0.2, 0.25) is 0 Å². The van der Waals surface area contributed by atoms with E-state index in [1.165, 1.54) is 24.3 Å². The van der Waals surface area contributed by atoms with Gasteiger partial charge in [-0.25, -0.2) is 4.79 Å². The minimum Gasteiger partial charge on any atom is -0.452 e. The molecule has 0 fully saturated rings. The summed E-state index contributed by atoms with van der Waals surface area (Å²) in [6, 6.07) is 12.3. The minimum absolute atomic E-state index is 0.0763. The number of rotatable bonds is 8. The van der Waals surface area contributed by atoms with Crippen molar-refractivity contribution < 1.29 is 19.2 Å². The van der Waals surface area contributed by atoms with Crippen LogP contribution in [0.4, 0.5) is 17.1 Å². The van der Waals surface area contributed by atoms with Gasteiger partial charge in [0.15, 0.2) is 6.61 Å². The van der Waals surface area contributed by atoms with E-state index in [1.807, 2.05) is 12.1 Å². The Morgan fingerprint density at radius 1 is 1.04 bits per heavy atom. The molecule has 0 saturated heterocycles. The van der Waals surface area contributed by atoms with Crippen LogP contribution in [0.3, 0.4) is 0 Å². The summed E-state index contributed by atoms with van der Waals surface area (Å²) in [5.41, 5.74) is 1.67. The second kappa shape index (κ2) is 9.33. The first-order valence-corrected chi connectivity index (χ1v) is 8.51. The van der Waals surface area contributed by atoms with E-state index in [0.29, 0.717) is 11.3 Å². The molecule has 1 amide bonds. The van der Waals surface area contributed by atoms with Gasteiger partial charge in [-0.15, -0.1) is 0 Å². The van der Waals surface area contributed by atoms with E-state index in [0.717, 1.165) is 18.8 Å². The van der Waals surface area contributed by atoms with E-state index in [4.69, 9.17) is 4.74 Å². The molecule has 27 heavy (non-hydrogen) atoms. The minimum atomic E-state index is -0.597. The molecule has 2 rings (SSSR count). The number of nitrogens with one attached hydrogen (secondary N) is 1. The molecule has 0 aromatic heterocycles. The molecule has 0 unspecified atom stereocenters. The van der Waals surface area contributed by atoms with E-state index in [-0.39, 0.29) is 5.69 Å². The average molecular weight is 371 g/mol. The number of non-ortho nitro benzene ring substituents is 1. The van der Waals surface area contributed by atoms with Crippen molar-refractivity contribution in [2.75, 3.05) is 29.9 Å². The van der Waals surface area contributed by atoms with E-state index in [2.05, 4.69) is 24.1 Å². The number of nitrogens with zero attached hydrogens (tertiary/aromatic N) is 2. The zero-order valence-corrected chi connectivity index (χ0v) is 15.2. The molecule has 0 atom stereocenters. The smallest absolute Gasteiger partial charge is 0.338 e. The van der Waals surface area contributed by atoms with Gasteiger partial charge in [-0.1, -0.05) is 0 Å². The average Bonchev–Trinajstić information content (AvgIpc) is 2.68. The molecule has 0 radical (unpaired) electrons. The monoisotopic (exact) mass is 371 g/mol. The van der Waals surface area contributed by atoms with E-state index in [1.54, 1.807) is 12.1 Å². The van der Waals surface area contributed by atoms with Crippen molar-refractivity contribution in [3.63, 3.8) is 0 Å². The number of ether oxygens (including phenoxy) is 1. The molecule has 142 valence electrons.